The summed E-state index contributed by atoms with van der Waals surface area (Å²) >= 11 is 3.88. The molecule has 1 atom stereocenters. The average molecular weight is 1340 g/mol. The van der Waals surface area contributed by atoms with Gasteiger partial charge in [-0.15, -0.1) is 0 Å². The van der Waals surface area contributed by atoms with E-state index in [1.54, 1.807) is 0 Å². The Morgan fingerprint density at radius 1 is 0.291 bits per heavy atom. The Hall–Kier alpha value is -12.1. The van der Waals surface area contributed by atoms with Crippen molar-refractivity contribution in [3.05, 3.63) is 383 Å². The quantitative estimate of drug-likeness (QED) is 0.175. The average Bonchev–Trinajstić information content (AvgIpc) is 1.52. The van der Waals surface area contributed by atoms with E-state index in [-0.39, 0.29) is 0 Å². The number of aromatic nitrogens is 2. The van der Waals surface area contributed by atoms with Crippen molar-refractivity contribution < 1.29 is 4.42 Å². The van der Waals surface area contributed by atoms with Crippen LogP contribution in [0.15, 0.2) is 352 Å². The van der Waals surface area contributed by atoms with Gasteiger partial charge in [0.1, 0.15) is 11.2 Å². The Morgan fingerprint density at radius 3 is 1.58 bits per heavy atom. The second-order valence-electron chi connectivity index (χ2n) is 28.6. The van der Waals surface area contributed by atoms with Gasteiger partial charge in [0.2, 0.25) is 0 Å². The molecule has 0 radical (unpaired) electrons. The van der Waals surface area contributed by atoms with Crippen LogP contribution in [0.1, 0.15) is 55.8 Å². The largest absolute Gasteiger partial charge is 0.456 e. The molecule has 5 aliphatic rings. The molecule has 0 bridgehead atoms. The second kappa shape index (κ2) is 20.8. The predicted molar refractivity (Wildman–Crippen MR) is 426 cm³/mol. The first kappa shape index (κ1) is 56.6. The van der Waals surface area contributed by atoms with Crippen molar-refractivity contribution in [2.45, 2.75) is 43.3 Å². The number of hydrogen-bond acceptors (Lipinski definition) is 3. The molecule has 0 saturated carbocycles. The molecule has 5 heteroatoms. The minimum atomic E-state index is -0.647. The fourth-order valence-corrected chi connectivity index (χ4v) is 22.6. The number of hydrogen-bond donors (Lipinski definition) is 0. The summed E-state index contributed by atoms with van der Waals surface area (Å²) in [5.41, 5.74) is 32.6. The van der Waals surface area contributed by atoms with Gasteiger partial charge in [-0.1, -0.05) is 284 Å². The maximum Gasteiger partial charge on any atom is 0.137 e. The van der Waals surface area contributed by atoms with Gasteiger partial charge in [0.25, 0.3) is 0 Å². The summed E-state index contributed by atoms with van der Waals surface area (Å²) in [6.45, 7) is 0. The molecule has 5 heterocycles. The highest BCUT2D eigenvalue weighted by molar-refractivity contribution is 8.00. The highest BCUT2D eigenvalue weighted by Gasteiger charge is 2.53. The van der Waals surface area contributed by atoms with Gasteiger partial charge in [-0.25, -0.2) is 0 Å². The lowest BCUT2D eigenvalue weighted by molar-refractivity contribution is 0.668. The summed E-state index contributed by atoms with van der Waals surface area (Å²) in [5, 5.41) is 11.0. The van der Waals surface area contributed by atoms with E-state index in [9.17, 15) is 0 Å². The molecular weight excluding hydrogens is 1290 g/mol. The first-order valence-corrected chi connectivity index (χ1v) is 37.5. The summed E-state index contributed by atoms with van der Waals surface area (Å²) in [5.74, 6) is 0. The number of rotatable bonds is 4. The molecule has 2 spiro atoms. The summed E-state index contributed by atoms with van der Waals surface area (Å²) < 4.78 is 11.9. The maximum atomic E-state index is 6.71. The van der Waals surface area contributed by atoms with Crippen LogP contribution < -0.4 is 0 Å². The first-order chi connectivity index (χ1) is 51.1. The molecule has 19 aromatic rings. The van der Waals surface area contributed by atoms with Crippen LogP contribution in [0.25, 0.3) is 143 Å². The van der Waals surface area contributed by atoms with Gasteiger partial charge < -0.3 is 13.6 Å². The molecule has 0 amide bonds. The third kappa shape index (κ3) is 7.32. The van der Waals surface area contributed by atoms with Gasteiger partial charge in [-0.05, 0) is 195 Å². The molecule has 3 aliphatic carbocycles. The third-order valence-corrected chi connectivity index (χ3v) is 26.3. The van der Waals surface area contributed by atoms with Gasteiger partial charge in [0.05, 0.1) is 27.4 Å². The van der Waals surface area contributed by atoms with E-state index in [0.717, 1.165) is 46.2 Å². The number of benzene rings is 16. The number of fused-ring (bicyclic) bond motifs is 34. The number of para-hydroxylation sites is 1. The third-order valence-electron chi connectivity index (χ3n) is 23.9. The Bertz CT molecular complexity index is 6970. The molecule has 0 N–H and O–H groups in total. The van der Waals surface area contributed by atoms with Crippen molar-refractivity contribution in [1.29, 1.82) is 0 Å². The number of nitrogens with zero attached hydrogens (tertiary/aromatic N) is 2. The lowest BCUT2D eigenvalue weighted by Gasteiger charge is -2.40. The van der Waals surface area contributed by atoms with Crippen molar-refractivity contribution in [1.82, 2.24) is 9.13 Å². The van der Waals surface area contributed by atoms with Crippen LogP contribution in [0.5, 0.6) is 0 Å². The van der Waals surface area contributed by atoms with E-state index >= 15 is 0 Å². The van der Waals surface area contributed by atoms with E-state index in [0.29, 0.717) is 0 Å². The Morgan fingerprint density at radius 2 is 0.835 bits per heavy atom. The van der Waals surface area contributed by atoms with Crippen LogP contribution in [0.2, 0.25) is 0 Å². The Kier molecular flexibility index (Phi) is 11.4. The molecular formula is C98H58N2OS2. The minimum absolute atomic E-state index is 0.509. The zero-order valence-corrected chi connectivity index (χ0v) is 57.3. The predicted octanol–water partition coefficient (Wildman–Crippen LogP) is 25.7. The van der Waals surface area contributed by atoms with E-state index in [2.05, 4.69) is 337 Å². The first-order valence-electron chi connectivity index (χ1n) is 35.9. The lowest BCUT2D eigenvalue weighted by Crippen LogP contribution is -2.32. The van der Waals surface area contributed by atoms with E-state index in [4.69, 9.17) is 4.42 Å². The van der Waals surface area contributed by atoms with Crippen molar-refractivity contribution in [2.24, 2.45) is 0 Å². The summed E-state index contributed by atoms with van der Waals surface area (Å²) in [6, 6.07) is 125. The maximum absolute atomic E-state index is 6.71. The van der Waals surface area contributed by atoms with Crippen LogP contribution >= 0.6 is 23.5 Å². The number of furan rings is 1. The summed E-state index contributed by atoms with van der Waals surface area (Å²) in [7, 11) is 0. The molecule has 478 valence electrons. The smallest absolute Gasteiger partial charge is 0.137 e. The van der Waals surface area contributed by atoms with Gasteiger partial charge in [0, 0.05) is 75.2 Å². The normalized spacial score (nSPS) is 15.3. The van der Waals surface area contributed by atoms with Crippen molar-refractivity contribution in [3.63, 3.8) is 0 Å². The summed E-state index contributed by atoms with van der Waals surface area (Å²) in [6.07, 6.45) is 1.90. The van der Waals surface area contributed by atoms with Crippen molar-refractivity contribution in [3.8, 4) is 67.0 Å². The molecule has 103 heavy (non-hydrogen) atoms. The van der Waals surface area contributed by atoms with Crippen LogP contribution in [0.3, 0.4) is 0 Å². The van der Waals surface area contributed by atoms with Crippen LogP contribution in [0, 0.1) is 0 Å². The highest BCUT2D eigenvalue weighted by Crippen LogP contribution is 2.67. The molecule has 1 unspecified atom stereocenters. The van der Waals surface area contributed by atoms with Crippen molar-refractivity contribution in [2.75, 3.05) is 0 Å². The minimum Gasteiger partial charge on any atom is -0.456 e. The van der Waals surface area contributed by atoms with E-state index in [1.807, 2.05) is 23.5 Å². The molecule has 3 aromatic heterocycles. The van der Waals surface area contributed by atoms with Crippen molar-refractivity contribution >= 4 is 99.7 Å². The van der Waals surface area contributed by atoms with Gasteiger partial charge in [0.15, 0.2) is 0 Å². The summed E-state index contributed by atoms with van der Waals surface area (Å²) in [4.78, 5) is 5.16. The second-order valence-corrected chi connectivity index (χ2v) is 30.7. The topological polar surface area (TPSA) is 23.0 Å². The molecule has 2 aliphatic heterocycles. The Balaban J connectivity index is 0.704. The molecule has 0 saturated heterocycles. The zero-order chi connectivity index (χ0) is 67.0. The SMILES string of the molecule is c1ccc2c(c1)CCc1c-2c2ccc3c(c2n1-c1ccc2c(c1)oc1ccccc12)Sc1ccccc1C31c2ccccc2-c2c(-c3cc(-c4ccc(-n5c6ccc7ccccc7c6c6ccc7c(c65)Sc5ccccc5C75c6ccccc6-c6ccccc65)cc4)c4ccccc4c3)cccc21. The van der Waals surface area contributed by atoms with Gasteiger partial charge >= 0.3 is 0 Å². The van der Waals surface area contributed by atoms with Crippen LogP contribution in [-0.4, -0.2) is 9.13 Å². The fourth-order valence-electron chi connectivity index (χ4n) is 19.9. The molecule has 16 aromatic carbocycles. The fraction of sp³-hybridized carbons (Fsp3) is 0.0408. The van der Waals surface area contributed by atoms with Crippen LogP contribution in [-0.2, 0) is 23.7 Å². The monoisotopic (exact) mass is 1340 g/mol. The molecule has 24 rings (SSSR count). The standard InChI is InChI=1S/C98H58N2OS2/c1-5-24-65-57(20-1)42-52-84-91(65)73-48-50-82-95(102-88-38-17-14-34-79(88)97(82)76-31-11-7-26-68(76)69-27-8-12-32-77(69)97)93(73)99(84)62-44-40-59(41-45-62)75-55-61(54-60-22-3-4-23-64(60)75)67-30-19-36-81-90(67)72-29-9-13-33-78(72)98(81)80-35-15-18-39-89(80)103-96-83(98)51-49-74-92-66-25-6-2-21-58(66)43-53-85(92)100(94(74)96)63-46-47-71-70-28-10-16-37-86(70)101-87(71)56-63/h1-42,44-52,54-56H,43,53H2. The van der Waals surface area contributed by atoms with E-state index < -0.39 is 10.8 Å². The van der Waals surface area contributed by atoms with Crippen LogP contribution in [0.4, 0.5) is 0 Å². The highest BCUT2D eigenvalue weighted by atomic mass is 32.2. The van der Waals surface area contributed by atoms with Gasteiger partial charge in [-0.2, -0.15) is 0 Å². The molecule has 0 fully saturated rings. The van der Waals surface area contributed by atoms with Gasteiger partial charge in [-0.3, -0.25) is 0 Å². The van der Waals surface area contributed by atoms with E-state index in [1.165, 1.54) is 185 Å². The number of aryl methyl sites for hydroxylation is 1. The Labute approximate surface area is 602 Å². The lowest BCUT2D eigenvalue weighted by atomic mass is 9.67. The zero-order valence-electron chi connectivity index (χ0n) is 55.7. The molecule has 3 nitrogen and oxygen atoms in total.